The van der Waals surface area contributed by atoms with Crippen molar-refractivity contribution in [1.82, 2.24) is 9.03 Å². The average Bonchev–Trinajstić information content (AvgIpc) is 2.45. The maximum absolute atomic E-state index is 12.3. The van der Waals surface area contributed by atoms with Crippen molar-refractivity contribution in [1.29, 1.82) is 0 Å². The van der Waals surface area contributed by atoms with E-state index in [1.807, 2.05) is 0 Å². The summed E-state index contributed by atoms with van der Waals surface area (Å²) in [5.74, 6) is -0.130. The molecular weight excluding hydrogens is 272 g/mol. The van der Waals surface area contributed by atoms with E-state index in [0.717, 1.165) is 0 Å². The molecule has 1 aliphatic heterocycles. The molecule has 0 aliphatic carbocycles. The van der Waals surface area contributed by atoms with E-state index in [4.69, 9.17) is 15.7 Å². The van der Waals surface area contributed by atoms with Crippen LogP contribution in [0.1, 0.15) is 26.7 Å². The number of nitrogens with zero attached hydrogens (tertiary/aromatic N) is 2. The van der Waals surface area contributed by atoms with Crippen molar-refractivity contribution in [3.8, 4) is 0 Å². The van der Waals surface area contributed by atoms with Crippen LogP contribution < -0.4 is 10.5 Å². The Morgan fingerprint density at radius 1 is 1.42 bits per heavy atom. The second kappa shape index (κ2) is 6.51. The predicted octanol–water partition coefficient (Wildman–Crippen LogP) is -0.542. The quantitative estimate of drug-likeness (QED) is 0.263. The smallest absolute Gasteiger partial charge is 0.280 e. The fraction of sp³-hybridized carbons (Fsp3) is 0.900. The minimum Gasteiger partial charge on any atom is -0.409 e. The summed E-state index contributed by atoms with van der Waals surface area (Å²) in [5, 5.41) is 11.8. The van der Waals surface area contributed by atoms with Crippen molar-refractivity contribution in [3.63, 3.8) is 0 Å². The molecule has 4 N–H and O–H groups in total. The molecule has 0 unspecified atom stereocenters. The largest absolute Gasteiger partial charge is 0.409 e. The van der Waals surface area contributed by atoms with Crippen molar-refractivity contribution < 1.29 is 18.4 Å². The maximum Gasteiger partial charge on any atom is 0.280 e. The summed E-state index contributed by atoms with van der Waals surface area (Å²) in [7, 11) is -3.69. The lowest BCUT2D eigenvalue weighted by molar-refractivity contribution is 0.0721. The van der Waals surface area contributed by atoms with Crippen molar-refractivity contribution in [2.24, 2.45) is 10.9 Å². The zero-order valence-electron chi connectivity index (χ0n) is 11.3. The van der Waals surface area contributed by atoms with Crippen LogP contribution in [-0.2, 0) is 14.9 Å². The molecule has 1 heterocycles. The standard InChI is InChI=1S/C10H22N4O4S/c1-3-10(4-2,9(11)12-15)13-19(16,17)14-5-7-18-8-6-14/h13,15H,3-8H2,1-2H3,(H2,11,12). The highest BCUT2D eigenvalue weighted by Gasteiger charge is 2.38. The number of hydrogen-bond acceptors (Lipinski definition) is 5. The molecule has 0 spiro atoms. The summed E-state index contributed by atoms with van der Waals surface area (Å²) in [5.41, 5.74) is 4.58. The van der Waals surface area contributed by atoms with E-state index in [-0.39, 0.29) is 5.84 Å². The molecule has 0 aromatic rings. The Hall–Kier alpha value is -0.900. The lowest BCUT2D eigenvalue weighted by Crippen LogP contribution is -2.60. The van der Waals surface area contributed by atoms with Crippen LogP contribution in [0.15, 0.2) is 5.16 Å². The molecule has 1 saturated heterocycles. The van der Waals surface area contributed by atoms with Crippen LogP contribution in [0.3, 0.4) is 0 Å². The maximum atomic E-state index is 12.3. The van der Waals surface area contributed by atoms with Crippen LogP contribution in [0, 0.1) is 0 Å². The van der Waals surface area contributed by atoms with Crippen LogP contribution in [0.25, 0.3) is 0 Å². The second-order valence-electron chi connectivity index (χ2n) is 4.39. The third-order valence-electron chi connectivity index (χ3n) is 3.44. The minimum absolute atomic E-state index is 0.130. The molecular formula is C10H22N4O4S. The molecule has 19 heavy (non-hydrogen) atoms. The first-order valence-corrected chi connectivity index (χ1v) is 7.70. The van der Waals surface area contributed by atoms with Crippen molar-refractivity contribution >= 4 is 16.0 Å². The molecule has 0 aromatic carbocycles. The summed E-state index contributed by atoms with van der Waals surface area (Å²) in [4.78, 5) is 0. The number of hydrogen-bond donors (Lipinski definition) is 3. The molecule has 0 amide bonds. The van der Waals surface area contributed by atoms with E-state index >= 15 is 0 Å². The van der Waals surface area contributed by atoms with Crippen LogP contribution in [0.5, 0.6) is 0 Å². The van der Waals surface area contributed by atoms with Crippen LogP contribution >= 0.6 is 0 Å². The van der Waals surface area contributed by atoms with Crippen LogP contribution in [-0.4, -0.2) is 55.6 Å². The molecule has 0 radical (unpaired) electrons. The Balaban J connectivity index is 2.95. The van der Waals surface area contributed by atoms with Gasteiger partial charge in [0.2, 0.25) is 0 Å². The third-order valence-corrected chi connectivity index (χ3v) is 5.13. The van der Waals surface area contributed by atoms with E-state index in [2.05, 4.69) is 9.88 Å². The van der Waals surface area contributed by atoms with E-state index in [1.165, 1.54) is 4.31 Å². The number of morpholine rings is 1. The van der Waals surface area contributed by atoms with Crippen molar-refractivity contribution in [2.45, 2.75) is 32.2 Å². The Morgan fingerprint density at radius 3 is 2.37 bits per heavy atom. The Morgan fingerprint density at radius 2 is 1.95 bits per heavy atom. The molecule has 0 bridgehead atoms. The number of nitrogens with two attached hydrogens (primary N) is 1. The van der Waals surface area contributed by atoms with Gasteiger partial charge in [-0.15, -0.1) is 0 Å². The molecule has 0 aromatic heterocycles. The number of ether oxygens (including phenoxy) is 1. The van der Waals surface area contributed by atoms with Gasteiger partial charge in [-0.2, -0.15) is 17.4 Å². The normalized spacial score (nSPS) is 19.6. The lowest BCUT2D eigenvalue weighted by Gasteiger charge is -2.34. The molecule has 8 nitrogen and oxygen atoms in total. The lowest BCUT2D eigenvalue weighted by atomic mass is 9.93. The topological polar surface area (TPSA) is 117 Å². The molecule has 1 fully saturated rings. The fourth-order valence-corrected chi connectivity index (χ4v) is 3.65. The predicted molar refractivity (Wildman–Crippen MR) is 71.2 cm³/mol. The highest BCUT2D eigenvalue weighted by Crippen LogP contribution is 2.18. The summed E-state index contributed by atoms with van der Waals surface area (Å²) in [6.07, 6.45) is 0.784. The van der Waals surface area contributed by atoms with Gasteiger partial charge in [0.15, 0.2) is 5.84 Å². The second-order valence-corrected chi connectivity index (χ2v) is 6.06. The minimum atomic E-state index is -3.69. The van der Waals surface area contributed by atoms with E-state index in [0.29, 0.717) is 39.1 Å². The van der Waals surface area contributed by atoms with Gasteiger partial charge in [-0.3, -0.25) is 0 Å². The molecule has 0 saturated carbocycles. The first-order chi connectivity index (χ1) is 8.91. The first kappa shape index (κ1) is 16.2. The fourth-order valence-electron chi connectivity index (χ4n) is 2.00. The molecule has 0 atom stereocenters. The van der Waals surface area contributed by atoms with Crippen LogP contribution in [0.2, 0.25) is 0 Å². The van der Waals surface area contributed by atoms with E-state index < -0.39 is 15.7 Å². The highest BCUT2D eigenvalue weighted by molar-refractivity contribution is 7.87. The number of rotatable bonds is 6. The summed E-state index contributed by atoms with van der Waals surface area (Å²) in [6, 6.07) is 0. The number of nitrogens with one attached hydrogen (secondary N) is 1. The zero-order valence-corrected chi connectivity index (χ0v) is 12.1. The van der Waals surface area contributed by atoms with Crippen molar-refractivity contribution in [3.05, 3.63) is 0 Å². The summed E-state index contributed by atoms with van der Waals surface area (Å²) in [6.45, 7) is 4.91. The molecule has 9 heteroatoms. The monoisotopic (exact) mass is 294 g/mol. The van der Waals surface area contributed by atoms with Gasteiger partial charge in [0.1, 0.15) is 0 Å². The van der Waals surface area contributed by atoms with Crippen LogP contribution in [0.4, 0.5) is 0 Å². The van der Waals surface area contributed by atoms with Gasteiger partial charge in [-0.25, -0.2) is 0 Å². The van der Waals surface area contributed by atoms with Gasteiger partial charge in [-0.1, -0.05) is 19.0 Å². The average molecular weight is 294 g/mol. The highest BCUT2D eigenvalue weighted by atomic mass is 32.2. The zero-order chi connectivity index (χ0) is 14.5. The number of oxime groups is 1. The van der Waals surface area contributed by atoms with Gasteiger partial charge in [0.05, 0.1) is 18.8 Å². The first-order valence-electron chi connectivity index (χ1n) is 6.26. The van der Waals surface area contributed by atoms with E-state index in [9.17, 15) is 8.42 Å². The Kier molecular flexibility index (Phi) is 5.53. The van der Waals surface area contributed by atoms with Gasteiger partial charge in [-0.05, 0) is 12.8 Å². The molecule has 112 valence electrons. The Labute approximate surface area is 113 Å². The van der Waals surface area contributed by atoms with Crippen molar-refractivity contribution in [2.75, 3.05) is 26.3 Å². The summed E-state index contributed by atoms with van der Waals surface area (Å²) < 4.78 is 33.6. The van der Waals surface area contributed by atoms with E-state index in [1.54, 1.807) is 13.8 Å². The van der Waals surface area contributed by atoms with Gasteiger partial charge >= 0.3 is 0 Å². The van der Waals surface area contributed by atoms with Gasteiger partial charge in [0, 0.05) is 13.1 Å². The molecule has 1 aliphatic rings. The third kappa shape index (κ3) is 3.56. The molecule has 1 rings (SSSR count). The van der Waals surface area contributed by atoms with Gasteiger partial charge < -0.3 is 15.7 Å². The Bertz CT molecular complexity index is 413. The number of amidine groups is 1. The summed E-state index contributed by atoms with van der Waals surface area (Å²) >= 11 is 0. The SMILES string of the molecule is CCC(CC)(NS(=O)(=O)N1CCOCC1)/C(N)=N/O. The van der Waals surface area contributed by atoms with Gasteiger partial charge in [0.25, 0.3) is 10.2 Å².